The van der Waals surface area contributed by atoms with Gasteiger partial charge in [-0.25, -0.2) is 4.39 Å². The summed E-state index contributed by atoms with van der Waals surface area (Å²) in [5.41, 5.74) is -2.39. The number of fused-ring (bicyclic) bond motifs is 1. The molecule has 0 spiro atoms. The zero-order valence-corrected chi connectivity index (χ0v) is 19.4. The molecular weight excluding hydrogens is 461 g/mol. The van der Waals surface area contributed by atoms with Crippen LogP contribution in [0.2, 0.25) is 0 Å². The van der Waals surface area contributed by atoms with Crippen LogP contribution >= 0.6 is 0 Å². The van der Waals surface area contributed by atoms with Gasteiger partial charge in [-0.05, 0) is 31.8 Å². The number of morpholine rings is 1. The third-order valence-electron chi connectivity index (χ3n) is 6.56. The zero-order valence-electron chi connectivity index (χ0n) is 19.4. The van der Waals surface area contributed by atoms with Crippen LogP contribution < -0.4 is 10.9 Å². The van der Waals surface area contributed by atoms with Crippen molar-refractivity contribution in [3.8, 4) is 5.88 Å². The highest BCUT2D eigenvalue weighted by Crippen LogP contribution is 2.41. The number of carbonyl (C=O) groups is 2. The van der Waals surface area contributed by atoms with Crippen molar-refractivity contribution >= 4 is 23.5 Å². The number of alkyl halides is 1. The van der Waals surface area contributed by atoms with E-state index in [1.54, 1.807) is 12.0 Å². The van der Waals surface area contributed by atoms with Gasteiger partial charge in [0.05, 0.1) is 38.6 Å². The van der Waals surface area contributed by atoms with Gasteiger partial charge < -0.3 is 24.8 Å². The molecule has 11 nitrogen and oxygen atoms in total. The first-order valence-corrected chi connectivity index (χ1v) is 11.7. The second kappa shape index (κ2) is 9.08. The molecule has 2 aromatic rings. The number of hydrogen-bond donors (Lipinski definition) is 2. The molecule has 0 aromatic carbocycles. The molecule has 1 atom stereocenters. The van der Waals surface area contributed by atoms with Gasteiger partial charge in [0, 0.05) is 31.3 Å². The molecule has 3 heterocycles. The number of carbonyl (C=O) groups excluding carboxylic acids is 2. The normalized spacial score (nSPS) is 21.5. The van der Waals surface area contributed by atoms with Gasteiger partial charge in [0.2, 0.25) is 11.8 Å². The van der Waals surface area contributed by atoms with E-state index < -0.39 is 28.6 Å². The second-order valence-corrected chi connectivity index (χ2v) is 9.37. The minimum Gasteiger partial charge on any atom is -0.492 e. The van der Waals surface area contributed by atoms with Crippen molar-refractivity contribution in [2.24, 2.45) is 0 Å². The minimum atomic E-state index is -1.56. The SMILES string of the molecule is COC[C@H]1COCCN1C(=O)/C=C/c1cnn2c(O)c(C(=O)NC3CC3)c(=O)n(CC3(F)CC3)c12. The van der Waals surface area contributed by atoms with Crippen molar-refractivity contribution in [2.45, 2.75) is 50.0 Å². The van der Waals surface area contributed by atoms with E-state index in [1.807, 2.05) is 0 Å². The lowest BCUT2D eigenvalue weighted by atomic mass is 10.2. The predicted molar refractivity (Wildman–Crippen MR) is 122 cm³/mol. The molecule has 3 aliphatic rings. The van der Waals surface area contributed by atoms with Gasteiger partial charge in [-0.3, -0.25) is 19.0 Å². The third kappa shape index (κ3) is 4.67. The molecule has 2 amide bonds. The first-order valence-electron chi connectivity index (χ1n) is 11.7. The van der Waals surface area contributed by atoms with Crippen LogP contribution in [0.4, 0.5) is 4.39 Å². The summed E-state index contributed by atoms with van der Waals surface area (Å²) in [5, 5.41) is 17.6. The van der Waals surface area contributed by atoms with E-state index in [0.29, 0.717) is 44.8 Å². The number of aromatic nitrogens is 3. The number of aromatic hydroxyl groups is 1. The van der Waals surface area contributed by atoms with Crippen LogP contribution in [-0.2, 0) is 20.8 Å². The lowest BCUT2D eigenvalue weighted by molar-refractivity contribution is -0.136. The van der Waals surface area contributed by atoms with Gasteiger partial charge in [0.25, 0.3) is 11.5 Å². The van der Waals surface area contributed by atoms with Crippen LogP contribution in [-0.4, -0.2) is 87.2 Å². The van der Waals surface area contributed by atoms with Crippen LogP contribution in [0.25, 0.3) is 11.7 Å². The standard InChI is InChI=1S/C23H28FN5O6/c1-34-11-16-12-35-9-8-27(16)17(30)5-2-14-10-25-29-20(14)28(13-23(24)6-7-23)21(32)18(22(29)33)19(31)26-15-3-4-15/h2,5,10,15-16,33H,3-4,6-9,11-13H2,1H3,(H,26,31)/b5-2+/t16-/m0/s1. The highest BCUT2D eigenvalue weighted by atomic mass is 19.1. The summed E-state index contributed by atoms with van der Waals surface area (Å²) in [6, 6.07) is -0.267. The number of nitrogens with zero attached hydrogens (tertiary/aromatic N) is 4. The van der Waals surface area contributed by atoms with Crippen LogP contribution in [0.15, 0.2) is 17.1 Å². The molecule has 0 unspecified atom stereocenters. The Hall–Kier alpha value is -3.25. The number of amides is 2. The summed E-state index contributed by atoms with van der Waals surface area (Å²) in [5.74, 6) is -1.62. The van der Waals surface area contributed by atoms with Crippen LogP contribution in [0.1, 0.15) is 41.6 Å². The maximum absolute atomic E-state index is 14.8. The van der Waals surface area contributed by atoms with Gasteiger partial charge >= 0.3 is 0 Å². The summed E-state index contributed by atoms with van der Waals surface area (Å²) in [7, 11) is 1.55. The lowest BCUT2D eigenvalue weighted by Gasteiger charge is -2.34. The van der Waals surface area contributed by atoms with Crippen molar-refractivity contribution < 1.29 is 28.6 Å². The fraction of sp³-hybridized carbons (Fsp3) is 0.565. The molecule has 35 heavy (non-hydrogen) atoms. The molecule has 2 N–H and O–H groups in total. The first kappa shape index (κ1) is 23.5. The molecule has 0 radical (unpaired) electrons. The van der Waals surface area contributed by atoms with Crippen molar-refractivity contribution in [1.29, 1.82) is 0 Å². The molecule has 2 aromatic heterocycles. The number of nitrogens with one attached hydrogen (secondary N) is 1. The Morgan fingerprint density at radius 2 is 2.17 bits per heavy atom. The topological polar surface area (TPSA) is 127 Å². The molecule has 12 heteroatoms. The first-order chi connectivity index (χ1) is 16.8. The van der Waals surface area contributed by atoms with E-state index in [-0.39, 0.29) is 30.2 Å². The summed E-state index contributed by atoms with van der Waals surface area (Å²) in [4.78, 5) is 40.5. The summed E-state index contributed by atoms with van der Waals surface area (Å²) >= 11 is 0. The molecule has 3 fully saturated rings. The summed E-state index contributed by atoms with van der Waals surface area (Å²) < 4.78 is 27.6. The fourth-order valence-corrected chi connectivity index (χ4v) is 4.27. The number of halogens is 1. The Balaban J connectivity index is 1.52. The van der Waals surface area contributed by atoms with Gasteiger partial charge in [0.1, 0.15) is 11.3 Å². The average molecular weight is 490 g/mol. The monoisotopic (exact) mass is 489 g/mol. The largest absolute Gasteiger partial charge is 0.492 e. The Kier molecular flexibility index (Phi) is 6.09. The van der Waals surface area contributed by atoms with Crippen LogP contribution in [0.5, 0.6) is 5.88 Å². The number of ether oxygens (including phenoxy) is 2. The predicted octanol–water partition coefficient (Wildman–Crippen LogP) is 0.483. The summed E-state index contributed by atoms with van der Waals surface area (Å²) in [6.07, 6.45) is 6.37. The van der Waals surface area contributed by atoms with E-state index in [0.717, 1.165) is 21.9 Å². The van der Waals surface area contributed by atoms with Crippen molar-refractivity contribution in [3.63, 3.8) is 0 Å². The Morgan fingerprint density at radius 3 is 2.86 bits per heavy atom. The van der Waals surface area contributed by atoms with Crippen LogP contribution in [0.3, 0.4) is 0 Å². The minimum absolute atomic E-state index is 0.0364. The molecule has 188 valence electrons. The van der Waals surface area contributed by atoms with Gasteiger partial charge in [0.15, 0.2) is 5.56 Å². The second-order valence-electron chi connectivity index (χ2n) is 9.37. The molecule has 5 rings (SSSR count). The smallest absolute Gasteiger partial charge is 0.270 e. The molecule has 1 aliphatic heterocycles. The van der Waals surface area contributed by atoms with Crippen molar-refractivity contribution in [2.75, 3.05) is 33.5 Å². The fourth-order valence-electron chi connectivity index (χ4n) is 4.27. The maximum atomic E-state index is 14.8. The van der Waals surface area contributed by atoms with E-state index >= 15 is 0 Å². The van der Waals surface area contributed by atoms with E-state index in [2.05, 4.69) is 10.4 Å². The van der Waals surface area contributed by atoms with Gasteiger partial charge in [-0.1, -0.05) is 0 Å². The number of hydrogen-bond acceptors (Lipinski definition) is 7. The summed E-state index contributed by atoms with van der Waals surface area (Å²) in [6.45, 7) is 1.23. The maximum Gasteiger partial charge on any atom is 0.270 e. The zero-order chi connectivity index (χ0) is 24.7. The van der Waals surface area contributed by atoms with Gasteiger partial charge in [-0.2, -0.15) is 9.61 Å². The average Bonchev–Trinajstić information content (AvgIpc) is 3.75. The van der Waals surface area contributed by atoms with E-state index in [1.165, 1.54) is 18.3 Å². The number of methoxy groups -OCH3 is 1. The van der Waals surface area contributed by atoms with Crippen LogP contribution in [0, 0.1) is 0 Å². The molecular formula is C23H28FN5O6. The number of rotatable bonds is 8. The van der Waals surface area contributed by atoms with E-state index in [4.69, 9.17) is 9.47 Å². The highest BCUT2D eigenvalue weighted by molar-refractivity contribution is 5.97. The Morgan fingerprint density at radius 1 is 1.40 bits per heavy atom. The Bertz CT molecular complexity index is 1240. The quantitative estimate of drug-likeness (QED) is 0.517. The van der Waals surface area contributed by atoms with Crippen molar-refractivity contribution in [3.05, 3.63) is 33.8 Å². The van der Waals surface area contributed by atoms with Crippen molar-refractivity contribution in [1.82, 2.24) is 24.4 Å². The lowest BCUT2D eigenvalue weighted by Crippen LogP contribution is -2.50. The van der Waals surface area contributed by atoms with Gasteiger partial charge in [-0.15, -0.1) is 0 Å². The molecule has 1 saturated heterocycles. The van der Waals surface area contributed by atoms with E-state index in [9.17, 15) is 23.9 Å². The third-order valence-corrected chi connectivity index (χ3v) is 6.56. The highest BCUT2D eigenvalue weighted by Gasteiger charge is 2.45. The molecule has 2 aliphatic carbocycles. The molecule has 0 bridgehead atoms. The Labute approximate surface area is 200 Å². The molecule has 2 saturated carbocycles.